The zero-order valence-electron chi connectivity index (χ0n) is 74.0. The molecule has 4 fully saturated rings. The third kappa shape index (κ3) is 44.0. The molecule has 11 N–H and O–H groups in total. The van der Waals surface area contributed by atoms with Crippen LogP contribution in [0, 0.1) is 0 Å². The largest absolute Gasteiger partial charge is 0.498 e. The van der Waals surface area contributed by atoms with E-state index in [1.807, 2.05) is 0 Å². The van der Waals surface area contributed by atoms with Crippen LogP contribution in [0.2, 0.25) is 0 Å². The lowest BCUT2D eigenvalue weighted by Gasteiger charge is -2.44. The van der Waals surface area contributed by atoms with Gasteiger partial charge in [-0.15, -0.1) is 0 Å². The molecule has 9 amide bonds. The fourth-order valence-electron chi connectivity index (χ4n) is 13.1. The summed E-state index contributed by atoms with van der Waals surface area (Å²) in [6.45, 7) is 13.0. The second kappa shape index (κ2) is 59.7. The van der Waals surface area contributed by atoms with Crippen LogP contribution in [0.4, 0.5) is 0 Å². The van der Waals surface area contributed by atoms with Gasteiger partial charge in [0.05, 0.1) is 31.4 Å². The van der Waals surface area contributed by atoms with E-state index in [0.29, 0.717) is 57.8 Å². The Balaban J connectivity index is 1.29. The van der Waals surface area contributed by atoms with Crippen molar-refractivity contribution in [3.05, 3.63) is 37.0 Å². The third-order valence-electron chi connectivity index (χ3n) is 18.5. The molecule has 4 heterocycles. The van der Waals surface area contributed by atoms with E-state index in [4.69, 9.17) is 95.7 Å². The van der Waals surface area contributed by atoms with Gasteiger partial charge < -0.3 is 144 Å². The van der Waals surface area contributed by atoms with Crippen LogP contribution in [0.1, 0.15) is 160 Å². The first-order chi connectivity index (χ1) is 60.8. The van der Waals surface area contributed by atoms with Gasteiger partial charge in [0, 0.05) is 180 Å². The minimum absolute atomic E-state index is 0.00633. The summed E-state index contributed by atoms with van der Waals surface area (Å²) >= 11 is 0. The Kier molecular flexibility index (Phi) is 50.9. The van der Waals surface area contributed by atoms with Gasteiger partial charge in [0.25, 0.3) is 0 Å². The summed E-state index contributed by atoms with van der Waals surface area (Å²) in [5, 5.41) is 24.2. The van der Waals surface area contributed by atoms with Crippen molar-refractivity contribution in [2.75, 3.05) is 92.1 Å². The lowest BCUT2D eigenvalue weighted by Crippen LogP contribution is -2.66. The lowest BCUT2D eigenvalue weighted by atomic mass is 9.96. The minimum Gasteiger partial charge on any atom is -0.498 e. The number of nitrogens with two attached hydrogens (primary N) is 1. The van der Waals surface area contributed by atoms with Gasteiger partial charge in [-0.2, -0.15) is 0 Å². The predicted octanol–water partition coefficient (Wildman–Crippen LogP) is -2.56. The fraction of sp³-hybridized carbons (Fsp3) is 0.704. The van der Waals surface area contributed by atoms with Crippen LogP contribution in [-0.4, -0.2) is 315 Å². The highest BCUT2D eigenvalue weighted by Crippen LogP contribution is 2.32. The minimum atomic E-state index is -1.31. The molecular formula is C81H124N10O37. The topological polar surface area (TPSA) is 617 Å². The van der Waals surface area contributed by atoms with Crippen molar-refractivity contribution in [1.29, 1.82) is 0 Å². The van der Waals surface area contributed by atoms with Gasteiger partial charge in [-0.1, -0.05) is 0 Å². The van der Waals surface area contributed by atoms with Gasteiger partial charge in [0.1, 0.15) is 69.0 Å². The quantitative estimate of drug-likeness (QED) is 0.00984. The Morgan fingerprint density at radius 3 is 0.883 bits per heavy atom. The van der Waals surface area contributed by atoms with E-state index in [0.717, 1.165) is 99.3 Å². The van der Waals surface area contributed by atoms with Crippen LogP contribution >= 0.6 is 0 Å². The summed E-state index contributed by atoms with van der Waals surface area (Å²) in [6, 6.07) is -4.39. The molecule has 0 aromatic carbocycles. The van der Waals surface area contributed by atoms with Crippen LogP contribution in [0.3, 0.4) is 0 Å². The molecule has 4 saturated heterocycles. The molecule has 47 heteroatoms. The van der Waals surface area contributed by atoms with E-state index < -0.39 is 225 Å². The van der Waals surface area contributed by atoms with E-state index in [2.05, 4.69) is 47.9 Å². The number of rotatable bonds is 55. The monoisotopic (exact) mass is 1830 g/mol. The van der Waals surface area contributed by atoms with Gasteiger partial charge >= 0.3 is 53.7 Å². The number of carbonyl (C=O) groups excluding carboxylic acids is 18. The molecule has 4 aliphatic rings. The van der Waals surface area contributed by atoms with E-state index >= 15 is 0 Å². The summed E-state index contributed by atoms with van der Waals surface area (Å²) in [5.41, 5.74) is 6.48. The van der Waals surface area contributed by atoms with Crippen LogP contribution < -0.4 is 53.6 Å². The van der Waals surface area contributed by atoms with Crippen molar-refractivity contribution in [2.45, 2.75) is 276 Å². The molecule has 4 aliphatic heterocycles. The molecule has 0 aromatic heterocycles. The maximum Gasteiger partial charge on any atom is 0.303 e. The van der Waals surface area contributed by atoms with E-state index in [1.165, 1.54) is 20.8 Å². The number of amides is 9. The maximum absolute atomic E-state index is 13.1. The number of hydrogen-bond acceptors (Lipinski definition) is 38. The molecule has 0 saturated carbocycles. The number of esters is 9. The molecule has 0 unspecified atom stereocenters. The number of hydrogen-bond donors (Lipinski definition) is 10. The maximum atomic E-state index is 13.1. The molecule has 128 heavy (non-hydrogen) atoms. The van der Waals surface area contributed by atoms with E-state index in [-0.39, 0.29) is 109 Å². The zero-order chi connectivity index (χ0) is 94.8. The average molecular weight is 1830 g/mol. The molecule has 0 radical (unpaired) electrons. The summed E-state index contributed by atoms with van der Waals surface area (Å²) in [7, 11) is 0. The number of unbranched alkanes of at least 4 members (excludes halogenated alkanes) is 3. The Morgan fingerprint density at radius 2 is 0.594 bits per heavy atom. The fourth-order valence-corrected chi connectivity index (χ4v) is 13.1. The predicted molar refractivity (Wildman–Crippen MR) is 434 cm³/mol. The summed E-state index contributed by atoms with van der Waals surface area (Å²) in [5.74, 6) is -11.0. The Bertz CT molecular complexity index is 3760. The van der Waals surface area contributed by atoms with Crippen LogP contribution in [0.15, 0.2) is 37.0 Å². The molecule has 4 rings (SSSR count). The van der Waals surface area contributed by atoms with Crippen molar-refractivity contribution in [1.82, 2.24) is 47.9 Å². The van der Waals surface area contributed by atoms with E-state index in [9.17, 15) is 86.3 Å². The first-order valence-electron chi connectivity index (χ1n) is 41.8. The first-order valence-corrected chi connectivity index (χ1v) is 41.8. The number of ether oxygens (including phenoxy) is 19. The zero-order valence-corrected chi connectivity index (χ0v) is 74.0. The summed E-state index contributed by atoms with van der Waals surface area (Å²) < 4.78 is 108. The van der Waals surface area contributed by atoms with Crippen molar-refractivity contribution in [2.24, 2.45) is 5.73 Å². The Morgan fingerprint density at radius 1 is 0.312 bits per heavy atom. The van der Waals surface area contributed by atoms with Gasteiger partial charge in [-0.05, 0) is 57.8 Å². The summed E-state index contributed by atoms with van der Waals surface area (Å²) in [4.78, 5) is 222. The highest BCUT2D eigenvalue weighted by Gasteiger charge is 2.55. The number of nitrogens with one attached hydrogen (secondary N) is 9. The first kappa shape index (κ1) is 109. The molecule has 0 bridgehead atoms. The highest BCUT2D eigenvalue weighted by molar-refractivity contribution is 5.88. The Labute approximate surface area is 739 Å². The number of carbonyl (C=O) groups is 18. The van der Waals surface area contributed by atoms with Crippen LogP contribution in [-0.2, 0) is 176 Å². The second-order valence-electron chi connectivity index (χ2n) is 29.6. The van der Waals surface area contributed by atoms with Crippen LogP contribution in [0.5, 0.6) is 0 Å². The van der Waals surface area contributed by atoms with Gasteiger partial charge in [0.15, 0.2) is 67.7 Å². The van der Waals surface area contributed by atoms with Gasteiger partial charge in [-0.25, -0.2) is 0 Å². The van der Waals surface area contributed by atoms with Gasteiger partial charge in [0.2, 0.25) is 53.2 Å². The smallest absolute Gasteiger partial charge is 0.303 e. The molecule has 47 nitrogen and oxygen atoms in total. The molecule has 19 atom stereocenters. The Hall–Kier alpha value is -11.2. The molecule has 720 valence electrons. The van der Waals surface area contributed by atoms with E-state index in [1.54, 1.807) is 0 Å². The van der Waals surface area contributed by atoms with Crippen LogP contribution in [0.25, 0.3) is 0 Å². The van der Waals surface area contributed by atoms with Crippen molar-refractivity contribution in [3.8, 4) is 0 Å². The highest BCUT2D eigenvalue weighted by atomic mass is 16.7. The summed E-state index contributed by atoms with van der Waals surface area (Å²) in [6.07, 6.45) is -8.72. The third-order valence-corrected chi connectivity index (χ3v) is 18.5. The van der Waals surface area contributed by atoms with Crippen molar-refractivity contribution >= 4 is 107 Å². The lowest BCUT2D eigenvalue weighted by molar-refractivity contribution is -0.277. The molecule has 0 spiro atoms. The molecular weight excluding hydrogens is 1700 g/mol. The average Bonchev–Trinajstić information content (AvgIpc) is 0.796. The SMILES string of the molecule is CC(=O)N[C@H]1[C@H](OCCCCC(=O)NCCCNC(=O)/C=C/OC[C@H]2OC[C@H](N)[C@@H](O/C=C/C(=O)NCCCNC(=O)CCCCO[C@@H]3O[C@H](COC(C)=O)[C@H](OC(C)=O)[C@H](OC(C)=O)[C@H]3NC(C)=O)[C@@H]2O/C=C/C(=O)NCCCNC(=O)CCCCO[C@@H]2O[C@H](COC(C)=O)[C@H](OC(C)=O)[C@H](OC(C)=O)[C@H]2NC(C)=O)O[C@H](COC(C)=O)[C@H](OC(C)=O)[C@@H]1OC(C)=O. The normalized spacial score (nSPS) is 24.8. The second-order valence-corrected chi connectivity index (χ2v) is 29.6. The molecule has 0 aromatic rings. The van der Waals surface area contributed by atoms with Crippen molar-refractivity contribution < 1.29 is 176 Å². The standard InChI is InChI=1S/C81H124N10O37/c1-45(92)89-68-76(123-54(10)101)73(120-51(7)98)59(42-116-48(4)95)126-79(68)113-34-16-13-22-62(104)83-28-19-31-86-65(107)25-37-110-41-58-72(112-39-27-67(109)88-33-21-30-85-64(106)24-15-18-36-115-81-70(91-47(3)94)78(125-56(12)103)75(122-53(9)100)61(128-81)44-118-50(6)97)71(57(82)40-119-58)111-38-26-66(108)87-32-20-29-84-63(105)23-14-17-35-114-80-69(90-46(2)93)77(124-55(11)102)74(121-52(8)99)60(127-80)43-117-49(5)96/h25-27,37-39,57-61,68-81H,13-24,28-36,40-44,82H2,1-12H3,(H,83,104)(H,84,105)(H,85,106)(H,86,107)(H,87,108)(H,88,109)(H,89,92)(H,90,93)(H,91,94)/b37-25+,38-26+,39-27+/t57-,58+,59+,60+,61+,68+,69+,70+,71+,72+,73-,74-,75-,76+,77+,78+,79+,80+,81+/m0/s1. The van der Waals surface area contributed by atoms with Crippen molar-refractivity contribution in [3.63, 3.8) is 0 Å². The van der Waals surface area contributed by atoms with Gasteiger partial charge in [-0.3, -0.25) is 86.3 Å². The molecule has 0 aliphatic carbocycles.